The normalized spacial score (nSPS) is 23.2. The summed E-state index contributed by atoms with van der Waals surface area (Å²) in [5.74, 6) is 1.84. The van der Waals surface area contributed by atoms with E-state index < -0.39 is 0 Å². The first-order valence-electron chi connectivity index (χ1n) is 10.7. The predicted octanol–water partition coefficient (Wildman–Crippen LogP) is 2.25. The van der Waals surface area contributed by atoms with Gasteiger partial charge in [0.15, 0.2) is 5.82 Å². The molecule has 0 radical (unpaired) electrons. The lowest BCUT2D eigenvalue weighted by Crippen LogP contribution is -2.47. The lowest BCUT2D eigenvalue weighted by molar-refractivity contribution is 0.0899. The molecular weight excluding hydrogens is 380 g/mol. The van der Waals surface area contributed by atoms with Crippen molar-refractivity contribution in [2.75, 3.05) is 44.1 Å². The minimum atomic E-state index is -0.234. The van der Waals surface area contributed by atoms with Crippen LogP contribution in [0.5, 0.6) is 0 Å². The number of fused-ring (bicyclic) bond motifs is 3. The Balaban J connectivity index is 1.53. The van der Waals surface area contributed by atoms with E-state index in [0.29, 0.717) is 12.1 Å². The quantitative estimate of drug-likeness (QED) is 0.811. The van der Waals surface area contributed by atoms with Crippen molar-refractivity contribution in [2.45, 2.75) is 37.9 Å². The van der Waals surface area contributed by atoms with Gasteiger partial charge < -0.3 is 25.2 Å². The first-order valence-corrected chi connectivity index (χ1v) is 10.7. The van der Waals surface area contributed by atoms with Crippen molar-refractivity contribution in [3.63, 3.8) is 0 Å². The Bertz CT molecular complexity index is 931. The molecule has 2 fully saturated rings. The summed E-state index contributed by atoms with van der Waals surface area (Å²) in [5, 5.41) is 5.35. The number of aromatic nitrogens is 2. The summed E-state index contributed by atoms with van der Waals surface area (Å²) >= 11 is 0. The number of hydrogen-bond donors (Lipinski definition) is 2. The maximum atomic E-state index is 11.5. The number of urea groups is 1. The highest BCUT2D eigenvalue weighted by molar-refractivity contribution is 5.89. The maximum absolute atomic E-state index is 11.5. The average molecular weight is 409 g/mol. The Kier molecular flexibility index (Phi) is 5.04. The molecule has 3 aliphatic heterocycles. The second-order valence-corrected chi connectivity index (χ2v) is 8.40. The van der Waals surface area contributed by atoms with Crippen LogP contribution in [0.2, 0.25) is 0 Å². The molecule has 1 aromatic carbocycles. The summed E-state index contributed by atoms with van der Waals surface area (Å²) in [7, 11) is 3.76. The lowest BCUT2D eigenvalue weighted by Gasteiger charge is -2.38. The van der Waals surface area contributed by atoms with Crippen LogP contribution >= 0.6 is 0 Å². The van der Waals surface area contributed by atoms with Crippen molar-refractivity contribution >= 4 is 17.5 Å². The van der Waals surface area contributed by atoms with Crippen LogP contribution in [-0.2, 0) is 17.7 Å². The Morgan fingerprint density at radius 2 is 1.87 bits per heavy atom. The number of carbonyl (C=O) groups is 1. The number of rotatable bonds is 3. The van der Waals surface area contributed by atoms with Gasteiger partial charge in [0.1, 0.15) is 5.82 Å². The standard InChI is InChI=1S/C22H28N6O2/c1-23-22(29)24-15-5-3-14(4-6-15)20-25-19-9-10-27(2)11-18(19)21(26-20)28-16-7-8-17(28)13-30-12-16/h3-6,16-17H,7-13H2,1-2H3,(H2,23,24,29). The molecule has 30 heavy (non-hydrogen) atoms. The van der Waals surface area contributed by atoms with E-state index in [4.69, 9.17) is 14.7 Å². The molecule has 2 bridgehead atoms. The van der Waals surface area contributed by atoms with Gasteiger partial charge in [0, 0.05) is 43.4 Å². The van der Waals surface area contributed by atoms with Crippen LogP contribution in [0.25, 0.3) is 11.4 Å². The minimum absolute atomic E-state index is 0.234. The Hall–Kier alpha value is -2.71. The first-order chi connectivity index (χ1) is 14.6. The molecule has 3 aliphatic rings. The third kappa shape index (κ3) is 3.50. The second kappa shape index (κ2) is 7.85. The van der Waals surface area contributed by atoms with Crippen molar-refractivity contribution in [3.8, 4) is 11.4 Å². The molecule has 158 valence electrons. The number of nitrogens with zero attached hydrogens (tertiary/aromatic N) is 4. The largest absolute Gasteiger partial charge is 0.377 e. The molecule has 0 aliphatic carbocycles. The van der Waals surface area contributed by atoms with Gasteiger partial charge in [-0.15, -0.1) is 0 Å². The highest BCUT2D eigenvalue weighted by atomic mass is 16.5. The Morgan fingerprint density at radius 3 is 2.57 bits per heavy atom. The van der Waals surface area contributed by atoms with Gasteiger partial charge in [-0.2, -0.15) is 0 Å². The van der Waals surface area contributed by atoms with Gasteiger partial charge in [-0.3, -0.25) is 0 Å². The fraction of sp³-hybridized carbons (Fsp3) is 0.500. The summed E-state index contributed by atoms with van der Waals surface area (Å²) in [4.78, 5) is 26.4. The van der Waals surface area contributed by atoms with Crippen LogP contribution in [0.3, 0.4) is 0 Å². The highest BCUT2D eigenvalue weighted by Gasteiger charge is 2.40. The van der Waals surface area contributed by atoms with Crippen molar-refractivity contribution in [3.05, 3.63) is 35.5 Å². The molecule has 2 unspecified atom stereocenters. The Labute approximate surface area is 176 Å². The third-order valence-electron chi connectivity index (χ3n) is 6.34. The van der Waals surface area contributed by atoms with Gasteiger partial charge in [0.2, 0.25) is 0 Å². The number of nitrogens with one attached hydrogen (secondary N) is 2. The number of carbonyl (C=O) groups excluding carboxylic acids is 1. The van der Waals surface area contributed by atoms with Gasteiger partial charge in [-0.05, 0) is 44.2 Å². The van der Waals surface area contributed by atoms with Crippen molar-refractivity contribution in [1.82, 2.24) is 20.2 Å². The molecule has 8 heteroatoms. The summed E-state index contributed by atoms with van der Waals surface area (Å²) in [6.07, 6.45) is 3.26. The molecule has 2 amide bonds. The zero-order chi connectivity index (χ0) is 20.7. The fourth-order valence-electron chi connectivity index (χ4n) is 4.74. The van der Waals surface area contributed by atoms with Gasteiger partial charge in [0.25, 0.3) is 0 Å². The van der Waals surface area contributed by atoms with Crippen LogP contribution < -0.4 is 15.5 Å². The van der Waals surface area contributed by atoms with Crippen molar-refractivity contribution in [1.29, 1.82) is 0 Å². The number of hydrogen-bond acceptors (Lipinski definition) is 6. The zero-order valence-electron chi connectivity index (χ0n) is 17.5. The second-order valence-electron chi connectivity index (χ2n) is 8.40. The molecule has 0 spiro atoms. The third-order valence-corrected chi connectivity index (χ3v) is 6.34. The molecule has 8 nitrogen and oxygen atoms in total. The van der Waals surface area contributed by atoms with Crippen molar-refractivity contribution < 1.29 is 9.53 Å². The van der Waals surface area contributed by atoms with Crippen LogP contribution in [0.1, 0.15) is 24.1 Å². The summed E-state index contributed by atoms with van der Waals surface area (Å²) in [5.41, 5.74) is 4.13. The number of amides is 2. The van der Waals surface area contributed by atoms with E-state index in [1.807, 2.05) is 24.3 Å². The van der Waals surface area contributed by atoms with E-state index in [2.05, 4.69) is 27.5 Å². The highest BCUT2D eigenvalue weighted by Crippen LogP contribution is 2.38. The van der Waals surface area contributed by atoms with Gasteiger partial charge in [-0.1, -0.05) is 0 Å². The van der Waals surface area contributed by atoms with E-state index in [1.165, 1.54) is 5.56 Å². The SMILES string of the molecule is CNC(=O)Nc1ccc(-c2nc3c(c(N4C5CCC4COC5)n2)CN(C)CC3)cc1. The lowest BCUT2D eigenvalue weighted by atomic mass is 10.0. The number of benzene rings is 1. The first kappa shape index (κ1) is 19.3. The van der Waals surface area contributed by atoms with Crippen LogP contribution in [0.4, 0.5) is 16.3 Å². The molecule has 2 N–H and O–H groups in total. The molecule has 2 aromatic rings. The monoisotopic (exact) mass is 408 g/mol. The zero-order valence-corrected chi connectivity index (χ0v) is 17.5. The van der Waals surface area contributed by atoms with E-state index in [0.717, 1.165) is 74.2 Å². The van der Waals surface area contributed by atoms with E-state index in [1.54, 1.807) is 7.05 Å². The van der Waals surface area contributed by atoms with E-state index >= 15 is 0 Å². The molecule has 2 atom stereocenters. The Morgan fingerprint density at radius 1 is 1.13 bits per heavy atom. The smallest absolute Gasteiger partial charge is 0.318 e. The van der Waals surface area contributed by atoms with Crippen molar-refractivity contribution in [2.24, 2.45) is 0 Å². The number of morpholine rings is 1. The molecular formula is C22H28N6O2. The predicted molar refractivity (Wildman–Crippen MR) is 116 cm³/mol. The van der Waals surface area contributed by atoms with Gasteiger partial charge in [0.05, 0.1) is 31.0 Å². The van der Waals surface area contributed by atoms with Crippen LogP contribution in [-0.4, -0.2) is 66.8 Å². The molecule has 4 heterocycles. The van der Waals surface area contributed by atoms with Gasteiger partial charge >= 0.3 is 6.03 Å². The van der Waals surface area contributed by atoms with Crippen LogP contribution in [0.15, 0.2) is 24.3 Å². The maximum Gasteiger partial charge on any atom is 0.318 e. The number of ether oxygens (including phenoxy) is 1. The molecule has 2 saturated heterocycles. The topological polar surface area (TPSA) is 82.6 Å². The summed E-state index contributed by atoms with van der Waals surface area (Å²) in [6.45, 7) is 3.45. The minimum Gasteiger partial charge on any atom is -0.377 e. The fourth-order valence-corrected chi connectivity index (χ4v) is 4.74. The van der Waals surface area contributed by atoms with Crippen LogP contribution in [0, 0.1) is 0 Å². The van der Waals surface area contributed by atoms with Gasteiger partial charge in [-0.25, -0.2) is 14.8 Å². The summed E-state index contributed by atoms with van der Waals surface area (Å²) < 4.78 is 5.81. The molecule has 5 rings (SSSR count). The molecule has 1 aromatic heterocycles. The summed E-state index contributed by atoms with van der Waals surface area (Å²) in [6, 6.07) is 8.29. The number of likely N-dealkylation sites (N-methyl/N-ethyl adjacent to an activating group) is 1. The average Bonchev–Trinajstić information content (AvgIpc) is 3.01. The number of anilines is 2. The van der Waals surface area contributed by atoms with E-state index in [9.17, 15) is 4.79 Å². The van der Waals surface area contributed by atoms with E-state index in [-0.39, 0.29) is 6.03 Å². The molecule has 0 saturated carbocycles.